The second-order valence-corrected chi connectivity index (χ2v) is 7.05. The Labute approximate surface area is 185 Å². The Morgan fingerprint density at radius 3 is 2.21 bits per heavy atom. The van der Waals surface area contributed by atoms with Crippen molar-refractivity contribution in [2.45, 2.75) is 40.8 Å². The van der Waals surface area contributed by atoms with Gasteiger partial charge in [-0.25, -0.2) is 0 Å². The highest BCUT2D eigenvalue weighted by molar-refractivity contribution is 14.0. The second-order valence-electron chi connectivity index (χ2n) is 7.05. The highest BCUT2D eigenvalue weighted by atomic mass is 127. The SMILES string of the molecule is CN=C(NCc1ccc(NC(=O)C(C)C)cc1)NCc1ccc(C)cc1C.I. The molecule has 3 N–H and O–H groups in total. The molecule has 0 unspecified atom stereocenters. The maximum absolute atomic E-state index is 11.7. The molecule has 6 heteroatoms. The van der Waals surface area contributed by atoms with Crippen molar-refractivity contribution >= 4 is 41.5 Å². The van der Waals surface area contributed by atoms with E-state index in [4.69, 9.17) is 0 Å². The van der Waals surface area contributed by atoms with Gasteiger partial charge in [0.1, 0.15) is 0 Å². The summed E-state index contributed by atoms with van der Waals surface area (Å²) in [6.45, 7) is 9.37. The number of nitrogens with one attached hydrogen (secondary N) is 3. The highest BCUT2D eigenvalue weighted by Gasteiger charge is 2.07. The summed E-state index contributed by atoms with van der Waals surface area (Å²) in [7, 11) is 1.77. The van der Waals surface area contributed by atoms with Crippen LogP contribution in [0.25, 0.3) is 0 Å². The second kappa shape index (κ2) is 11.7. The third kappa shape index (κ3) is 7.50. The van der Waals surface area contributed by atoms with Gasteiger partial charge in [-0.15, -0.1) is 24.0 Å². The Kier molecular flexibility index (Phi) is 9.99. The summed E-state index contributed by atoms with van der Waals surface area (Å²) in [5, 5.41) is 9.56. The van der Waals surface area contributed by atoms with Gasteiger partial charge in [-0.2, -0.15) is 0 Å². The van der Waals surface area contributed by atoms with E-state index in [1.54, 1.807) is 7.05 Å². The number of aliphatic imine (C=N–C) groups is 1. The first-order valence-corrected chi connectivity index (χ1v) is 9.29. The molecule has 2 aromatic carbocycles. The average Bonchev–Trinajstić information content (AvgIpc) is 2.64. The van der Waals surface area contributed by atoms with Crippen LogP contribution in [0.3, 0.4) is 0 Å². The third-order valence-electron chi connectivity index (χ3n) is 4.37. The third-order valence-corrected chi connectivity index (χ3v) is 4.37. The van der Waals surface area contributed by atoms with Gasteiger partial charge in [-0.1, -0.05) is 49.7 Å². The molecule has 0 fully saturated rings. The minimum atomic E-state index is -0.0297. The lowest BCUT2D eigenvalue weighted by molar-refractivity contribution is -0.118. The van der Waals surface area contributed by atoms with Gasteiger partial charge in [-0.3, -0.25) is 9.79 Å². The molecule has 1 amide bonds. The van der Waals surface area contributed by atoms with E-state index < -0.39 is 0 Å². The first kappa shape index (κ1) is 23.9. The first-order chi connectivity index (χ1) is 12.9. The summed E-state index contributed by atoms with van der Waals surface area (Å²) in [6.07, 6.45) is 0. The highest BCUT2D eigenvalue weighted by Crippen LogP contribution is 2.11. The number of halogens is 1. The van der Waals surface area contributed by atoms with Gasteiger partial charge in [0.15, 0.2) is 5.96 Å². The van der Waals surface area contributed by atoms with Gasteiger partial charge < -0.3 is 16.0 Å². The first-order valence-electron chi connectivity index (χ1n) is 9.29. The van der Waals surface area contributed by atoms with E-state index >= 15 is 0 Å². The molecule has 0 atom stereocenters. The van der Waals surface area contributed by atoms with Crippen LogP contribution in [0, 0.1) is 19.8 Å². The van der Waals surface area contributed by atoms with Gasteiger partial charge in [-0.05, 0) is 42.7 Å². The smallest absolute Gasteiger partial charge is 0.226 e. The number of amides is 1. The van der Waals surface area contributed by atoms with Gasteiger partial charge >= 0.3 is 0 Å². The van der Waals surface area contributed by atoms with E-state index in [-0.39, 0.29) is 35.8 Å². The monoisotopic (exact) mass is 494 g/mol. The van der Waals surface area contributed by atoms with Crippen LogP contribution in [-0.4, -0.2) is 18.9 Å². The number of carbonyl (C=O) groups is 1. The maximum atomic E-state index is 11.7. The maximum Gasteiger partial charge on any atom is 0.226 e. The molecule has 28 heavy (non-hydrogen) atoms. The number of hydrogen-bond acceptors (Lipinski definition) is 2. The van der Waals surface area contributed by atoms with Crippen molar-refractivity contribution in [2.24, 2.45) is 10.9 Å². The Bertz CT molecular complexity index is 801. The minimum Gasteiger partial charge on any atom is -0.352 e. The topological polar surface area (TPSA) is 65.5 Å². The largest absolute Gasteiger partial charge is 0.352 e. The molecule has 0 saturated heterocycles. The van der Waals surface area contributed by atoms with Crippen LogP contribution in [0.5, 0.6) is 0 Å². The van der Waals surface area contributed by atoms with Crippen molar-refractivity contribution in [3.8, 4) is 0 Å². The predicted molar refractivity (Wildman–Crippen MR) is 128 cm³/mol. The molecule has 0 spiro atoms. The molecule has 0 radical (unpaired) electrons. The molecule has 152 valence electrons. The molecular weight excluding hydrogens is 463 g/mol. The van der Waals surface area contributed by atoms with Crippen LogP contribution in [-0.2, 0) is 17.9 Å². The normalized spacial score (nSPS) is 11.0. The molecule has 0 saturated carbocycles. The van der Waals surface area contributed by atoms with Crippen LogP contribution < -0.4 is 16.0 Å². The fourth-order valence-electron chi connectivity index (χ4n) is 2.62. The van der Waals surface area contributed by atoms with Gasteiger partial charge in [0.2, 0.25) is 5.91 Å². The van der Waals surface area contributed by atoms with Crippen molar-refractivity contribution in [3.05, 3.63) is 64.7 Å². The zero-order chi connectivity index (χ0) is 19.8. The molecular formula is C22H31IN4O. The number of carbonyl (C=O) groups excluding carboxylic acids is 1. The summed E-state index contributed by atoms with van der Waals surface area (Å²) in [5.74, 6) is 0.752. The summed E-state index contributed by atoms with van der Waals surface area (Å²) in [6, 6.07) is 14.3. The summed E-state index contributed by atoms with van der Waals surface area (Å²) < 4.78 is 0. The number of guanidine groups is 1. The van der Waals surface area contributed by atoms with E-state index in [1.807, 2.05) is 38.1 Å². The fourth-order valence-corrected chi connectivity index (χ4v) is 2.62. The number of rotatable bonds is 6. The lowest BCUT2D eigenvalue weighted by Gasteiger charge is -2.14. The number of benzene rings is 2. The van der Waals surface area contributed by atoms with Crippen LogP contribution in [0.1, 0.15) is 36.1 Å². The van der Waals surface area contributed by atoms with Gasteiger partial charge in [0.05, 0.1) is 0 Å². The van der Waals surface area contributed by atoms with Crippen molar-refractivity contribution in [1.29, 1.82) is 0 Å². The lowest BCUT2D eigenvalue weighted by atomic mass is 10.1. The van der Waals surface area contributed by atoms with Gasteiger partial charge in [0.25, 0.3) is 0 Å². The summed E-state index contributed by atoms with van der Waals surface area (Å²) in [4.78, 5) is 16.0. The average molecular weight is 494 g/mol. The van der Waals surface area contributed by atoms with Crippen molar-refractivity contribution in [2.75, 3.05) is 12.4 Å². The molecule has 0 aliphatic rings. The van der Waals surface area contributed by atoms with E-state index in [0.29, 0.717) is 6.54 Å². The molecule has 5 nitrogen and oxygen atoms in total. The number of anilines is 1. The molecule has 2 rings (SSSR count). The Balaban J connectivity index is 0.00000392. The standard InChI is InChI=1S/C22H30N4O.HI/c1-15(2)21(27)26-20-10-7-18(8-11-20)13-24-22(23-5)25-14-19-9-6-16(3)12-17(19)4;/h6-12,15H,13-14H2,1-5H3,(H,26,27)(H2,23,24,25);1H. The van der Waals surface area contributed by atoms with Crippen LogP contribution in [0.4, 0.5) is 5.69 Å². The molecule has 0 aliphatic heterocycles. The Hall–Kier alpha value is -2.09. The minimum absolute atomic E-state index is 0. The summed E-state index contributed by atoms with van der Waals surface area (Å²) >= 11 is 0. The van der Waals surface area contributed by atoms with E-state index in [9.17, 15) is 4.79 Å². The van der Waals surface area contributed by atoms with E-state index in [0.717, 1.165) is 23.8 Å². The summed E-state index contributed by atoms with van der Waals surface area (Å²) in [5.41, 5.74) is 5.74. The molecule has 2 aromatic rings. The molecule has 0 heterocycles. The zero-order valence-corrected chi connectivity index (χ0v) is 19.6. The Morgan fingerprint density at radius 2 is 1.64 bits per heavy atom. The number of hydrogen-bond donors (Lipinski definition) is 3. The molecule has 0 aliphatic carbocycles. The fraction of sp³-hybridized carbons (Fsp3) is 0.364. The predicted octanol–water partition coefficient (Wildman–Crippen LogP) is 4.38. The van der Waals surface area contributed by atoms with E-state index in [1.165, 1.54) is 16.7 Å². The lowest BCUT2D eigenvalue weighted by Crippen LogP contribution is -2.36. The van der Waals surface area contributed by atoms with Crippen LogP contribution in [0.15, 0.2) is 47.5 Å². The zero-order valence-electron chi connectivity index (χ0n) is 17.3. The van der Waals surface area contributed by atoms with Crippen molar-refractivity contribution in [1.82, 2.24) is 10.6 Å². The van der Waals surface area contributed by atoms with Crippen molar-refractivity contribution < 1.29 is 4.79 Å². The Morgan fingerprint density at radius 1 is 1.00 bits per heavy atom. The number of aryl methyl sites for hydroxylation is 2. The van der Waals surface area contributed by atoms with Crippen molar-refractivity contribution in [3.63, 3.8) is 0 Å². The molecule has 0 bridgehead atoms. The van der Waals surface area contributed by atoms with E-state index in [2.05, 4.69) is 53.0 Å². The van der Waals surface area contributed by atoms with Crippen LogP contribution >= 0.6 is 24.0 Å². The quantitative estimate of drug-likeness (QED) is 0.317. The van der Waals surface area contributed by atoms with Gasteiger partial charge in [0, 0.05) is 31.7 Å². The molecule has 0 aromatic heterocycles. The van der Waals surface area contributed by atoms with Crippen LogP contribution in [0.2, 0.25) is 0 Å². The number of nitrogens with zero attached hydrogens (tertiary/aromatic N) is 1.